The standard InChI is InChI=1S/C15H20N2O2/c1-10-6-5-7-11-12(10)17(14(19)13(11)18)9-8-16-15(2,3)4/h5-7,16H,8-9H2,1-4H3. The first kappa shape index (κ1) is 13.7. The van der Waals surface area contributed by atoms with E-state index < -0.39 is 11.7 Å². The second-order valence-electron chi connectivity index (χ2n) is 5.93. The maximum absolute atomic E-state index is 12.0. The van der Waals surface area contributed by atoms with Crippen molar-refractivity contribution >= 4 is 17.4 Å². The summed E-state index contributed by atoms with van der Waals surface area (Å²) in [5.41, 5.74) is 2.27. The SMILES string of the molecule is Cc1cccc2c1N(CCNC(C)(C)C)C(=O)C2=O. The van der Waals surface area contributed by atoms with Gasteiger partial charge < -0.3 is 10.2 Å². The topological polar surface area (TPSA) is 49.4 Å². The lowest BCUT2D eigenvalue weighted by Crippen LogP contribution is -2.43. The number of anilines is 1. The van der Waals surface area contributed by atoms with Crippen molar-refractivity contribution in [1.29, 1.82) is 0 Å². The van der Waals surface area contributed by atoms with Crippen LogP contribution in [0.25, 0.3) is 0 Å². The molecule has 0 atom stereocenters. The maximum atomic E-state index is 12.0. The third-order valence-electron chi connectivity index (χ3n) is 3.18. The van der Waals surface area contributed by atoms with Gasteiger partial charge in [-0.3, -0.25) is 9.59 Å². The molecule has 0 aliphatic carbocycles. The molecule has 1 amide bonds. The van der Waals surface area contributed by atoms with Crippen molar-refractivity contribution in [3.63, 3.8) is 0 Å². The molecular weight excluding hydrogens is 240 g/mol. The van der Waals surface area contributed by atoms with E-state index in [9.17, 15) is 9.59 Å². The second-order valence-corrected chi connectivity index (χ2v) is 5.93. The molecule has 1 N–H and O–H groups in total. The molecular formula is C15H20N2O2. The van der Waals surface area contributed by atoms with Crippen LogP contribution < -0.4 is 10.2 Å². The number of rotatable bonds is 3. The summed E-state index contributed by atoms with van der Waals surface area (Å²) in [6.45, 7) is 9.32. The average Bonchev–Trinajstić information content (AvgIpc) is 2.54. The molecule has 102 valence electrons. The van der Waals surface area contributed by atoms with Crippen LogP contribution >= 0.6 is 0 Å². The molecule has 0 saturated carbocycles. The third-order valence-corrected chi connectivity index (χ3v) is 3.18. The number of carbonyl (C=O) groups is 2. The van der Waals surface area contributed by atoms with Crippen LogP contribution in [0.3, 0.4) is 0 Å². The van der Waals surface area contributed by atoms with Crippen molar-refractivity contribution in [3.05, 3.63) is 29.3 Å². The molecule has 1 aromatic rings. The Morgan fingerprint density at radius 3 is 2.53 bits per heavy atom. The minimum atomic E-state index is -0.417. The van der Waals surface area contributed by atoms with Gasteiger partial charge in [0.1, 0.15) is 0 Å². The minimum Gasteiger partial charge on any atom is -0.310 e. The highest BCUT2D eigenvalue weighted by Crippen LogP contribution is 2.31. The summed E-state index contributed by atoms with van der Waals surface area (Å²) >= 11 is 0. The van der Waals surface area contributed by atoms with Crippen LogP contribution in [0.15, 0.2) is 18.2 Å². The van der Waals surface area contributed by atoms with E-state index in [0.29, 0.717) is 18.7 Å². The molecule has 1 aliphatic rings. The molecule has 4 nitrogen and oxygen atoms in total. The van der Waals surface area contributed by atoms with Gasteiger partial charge in [0.25, 0.3) is 11.7 Å². The Hall–Kier alpha value is -1.68. The Morgan fingerprint density at radius 1 is 1.21 bits per heavy atom. The zero-order valence-electron chi connectivity index (χ0n) is 11.9. The van der Waals surface area contributed by atoms with Gasteiger partial charge in [0.05, 0.1) is 11.3 Å². The predicted octanol–water partition coefficient (Wildman–Crippen LogP) is 1.91. The Bertz CT molecular complexity index is 529. The summed E-state index contributed by atoms with van der Waals surface area (Å²) in [4.78, 5) is 25.5. The number of Topliss-reactive ketones (excluding diaryl/α,β-unsaturated/α-hetero) is 1. The Kier molecular flexibility index (Phi) is 3.45. The fraction of sp³-hybridized carbons (Fsp3) is 0.467. The fourth-order valence-electron chi connectivity index (χ4n) is 2.30. The molecule has 1 aromatic carbocycles. The van der Waals surface area contributed by atoms with Gasteiger partial charge in [0, 0.05) is 18.6 Å². The van der Waals surface area contributed by atoms with Gasteiger partial charge in [0.15, 0.2) is 0 Å². The largest absolute Gasteiger partial charge is 0.310 e. The number of nitrogens with zero attached hydrogens (tertiary/aromatic N) is 1. The molecule has 1 aliphatic heterocycles. The van der Waals surface area contributed by atoms with E-state index in [4.69, 9.17) is 0 Å². The lowest BCUT2D eigenvalue weighted by molar-refractivity contribution is -0.114. The van der Waals surface area contributed by atoms with Gasteiger partial charge in [-0.05, 0) is 39.3 Å². The minimum absolute atomic E-state index is 0.00133. The van der Waals surface area contributed by atoms with Crippen molar-refractivity contribution in [1.82, 2.24) is 5.32 Å². The Labute approximate surface area is 113 Å². The molecule has 0 bridgehead atoms. The predicted molar refractivity (Wildman–Crippen MR) is 75.6 cm³/mol. The number of benzene rings is 1. The number of ketones is 1. The maximum Gasteiger partial charge on any atom is 0.299 e. The first-order valence-corrected chi connectivity index (χ1v) is 6.52. The normalized spacial score (nSPS) is 15.1. The van der Waals surface area contributed by atoms with Crippen LogP contribution in [0.1, 0.15) is 36.7 Å². The van der Waals surface area contributed by atoms with Crippen molar-refractivity contribution in [2.45, 2.75) is 33.2 Å². The highest BCUT2D eigenvalue weighted by atomic mass is 16.2. The molecule has 0 saturated heterocycles. The Balaban J connectivity index is 2.19. The van der Waals surface area contributed by atoms with Crippen LogP contribution in [0.5, 0.6) is 0 Å². The summed E-state index contributed by atoms with van der Waals surface area (Å²) < 4.78 is 0. The zero-order valence-corrected chi connectivity index (χ0v) is 11.9. The molecule has 0 radical (unpaired) electrons. The molecule has 1 heterocycles. The number of para-hydroxylation sites is 1. The molecule has 0 fully saturated rings. The van der Waals surface area contributed by atoms with Crippen molar-refractivity contribution in [2.24, 2.45) is 0 Å². The highest BCUT2D eigenvalue weighted by molar-refractivity contribution is 6.52. The van der Waals surface area contributed by atoms with E-state index >= 15 is 0 Å². The van der Waals surface area contributed by atoms with Crippen molar-refractivity contribution in [3.8, 4) is 0 Å². The summed E-state index contributed by atoms with van der Waals surface area (Å²) in [5.74, 6) is -0.811. The van der Waals surface area contributed by atoms with Crippen molar-refractivity contribution < 1.29 is 9.59 Å². The van der Waals surface area contributed by atoms with E-state index in [2.05, 4.69) is 26.1 Å². The van der Waals surface area contributed by atoms with Crippen LogP contribution in [-0.2, 0) is 4.79 Å². The van der Waals surface area contributed by atoms with Crippen LogP contribution in [-0.4, -0.2) is 30.3 Å². The first-order chi connectivity index (χ1) is 8.81. The van der Waals surface area contributed by atoms with Crippen LogP contribution in [0.2, 0.25) is 0 Å². The number of aryl methyl sites for hydroxylation is 1. The van der Waals surface area contributed by atoms with E-state index in [1.54, 1.807) is 11.0 Å². The van der Waals surface area contributed by atoms with Crippen LogP contribution in [0.4, 0.5) is 5.69 Å². The lowest BCUT2D eigenvalue weighted by atomic mass is 10.1. The van der Waals surface area contributed by atoms with E-state index in [1.807, 2.05) is 19.1 Å². The van der Waals surface area contributed by atoms with Gasteiger partial charge in [-0.1, -0.05) is 12.1 Å². The summed E-state index contributed by atoms with van der Waals surface area (Å²) in [6.07, 6.45) is 0. The van der Waals surface area contributed by atoms with E-state index in [1.165, 1.54) is 0 Å². The molecule has 19 heavy (non-hydrogen) atoms. The number of fused-ring (bicyclic) bond motifs is 1. The van der Waals surface area contributed by atoms with Gasteiger partial charge in [0.2, 0.25) is 0 Å². The quantitative estimate of drug-likeness (QED) is 0.845. The van der Waals surface area contributed by atoms with Crippen molar-refractivity contribution in [2.75, 3.05) is 18.0 Å². The summed E-state index contributed by atoms with van der Waals surface area (Å²) in [6, 6.07) is 5.46. The van der Waals surface area contributed by atoms with E-state index in [-0.39, 0.29) is 5.54 Å². The van der Waals surface area contributed by atoms with Gasteiger partial charge >= 0.3 is 0 Å². The molecule has 2 rings (SSSR count). The molecule has 4 heteroatoms. The lowest BCUT2D eigenvalue weighted by Gasteiger charge is -2.24. The summed E-state index contributed by atoms with van der Waals surface area (Å²) in [7, 11) is 0. The Morgan fingerprint density at radius 2 is 1.89 bits per heavy atom. The molecule has 0 unspecified atom stereocenters. The van der Waals surface area contributed by atoms with E-state index in [0.717, 1.165) is 11.3 Å². The first-order valence-electron chi connectivity index (χ1n) is 6.52. The third kappa shape index (κ3) is 2.68. The number of nitrogens with one attached hydrogen (secondary N) is 1. The van der Waals surface area contributed by atoms with Gasteiger partial charge in [-0.15, -0.1) is 0 Å². The van der Waals surface area contributed by atoms with Crippen LogP contribution in [0, 0.1) is 6.92 Å². The van der Waals surface area contributed by atoms with Gasteiger partial charge in [-0.25, -0.2) is 0 Å². The molecule has 0 aromatic heterocycles. The average molecular weight is 260 g/mol. The fourth-order valence-corrected chi connectivity index (χ4v) is 2.30. The smallest absolute Gasteiger partial charge is 0.299 e. The van der Waals surface area contributed by atoms with Gasteiger partial charge in [-0.2, -0.15) is 0 Å². The highest BCUT2D eigenvalue weighted by Gasteiger charge is 2.36. The number of carbonyl (C=O) groups excluding carboxylic acids is 2. The molecule has 0 spiro atoms. The number of hydrogen-bond acceptors (Lipinski definition) is 3. The monoisotopic (exact) mass is 260 g/mol. The number of amides is 1. The zero-order chi connectivity index (χ0) is 14.2. The summed E-state index contributed by atoms with van der Waals surface area (Å²) in [5, 5.41) is 3.33. The second kappa shape index (κ2) is 4.78. The number of hydrogen-bond donors (Lipinski definition) is 1.